The van der Waals surface area contributed by atoms with E-state index >= 15 is 0 Å². The van der Waals surface area contributed by atoms with Gasteiger partial charge in [-0.05, 0) is 37.8 Å². The lowest BCUT2D eigenvalue weighted by atomic mass is 9.95. The van der Waals surface area contributed by atoms with Crippen LogP contribution in [0, 0.1) is 0 Å². The van der Waals surface area contributed by atoms with E-state index in [-0.39, 0.29) is 6.10 Å². The third-order valence-electron chi connectivity index (χ3n) is 2.44. The Hall–Kier alpha value is -1.02. The van der Waals surface area contributed by atoms with Crippen molar-refractivity contribution in [3.8, 4) is 5.75 Å². The van der Waals surface area contributed by atoms with Crippen LogP contribution in [0.3, 0.4) is 0 Å². The Morgan fingerprint density at radius 1 is 1.27 bits per heavy atom. The number of hydrogen-bond acceptors (Lipinski definition) is 2. The van der Waals surface area contributed by atoms with Gasteiger partial charge in [-0.1, -0.05) is 25.1 Å². The number of para-hydroxylation sites is 1. The zero-order valence-electron chi connectivity index (χ0n) is 9.73. The summed E-state index contributed by atoms with van der Waals surface area (Å²) in [6.07, 6.45) is 0.499. The van der Waals surface area contributed by atoms with Gasteiger partial charge >= 0.3 is 0 Å². The number of benzene rings is 1. The third kappa shape index (κ3) is 3.56. The van der Waals surface area contributed by atoms with Crippen LogP contribution in [0.15, 0.2) is 24.3 Å². The first-order valence-corrected chi connectivity index (χ1v) is 5.55. The maximum Gasteiger partial charge on any atom is 0.122 e. The largest absolute Gasteiger partial charge is 0.494 e. The van der Waals surface area contributed by atoms with E-state index in [0.29, 0.717) is 12.5 Å². The molecule has 0 aromatic heterocycles. The summed E-state index contributed by atoms with van der Waals surface area (Å²) in [5.74, 6) is 1.26. The SMILES string of the molecule is CCOc1ccccc1C(C)CC(C)O. The van der Waals surface area contributed by atoms with Crippen molar-refractivity contribution in [2.45, 2.75) is 39.2 Å². The minimum absolute atomic E-state index is 0.269. The molecule has 0 radical (unpaired) electrons. The Kier molecular flexibility index (Phi) is 4.63. The average molecular weight is 208 g/mol. The van der Waals surface area contributed by atoms with Crippen LogP contribution in [-0.2, 0) is 0 Å². The van der Waals surface area contributed by atoms with Crippen LogP contribution in [0.5, 0.6) is 5.75 Å². The topological polar surface area (TPSA) is 29.5 Å². The van der Waals surface area contributed by atoms with Gasteiger partial charge in [0.25, 0.3) is 0 Å². The molecule has 0 fully saturated rings. The van der Waals surface area contributed by atoms with Gasteiger partial charge in [-0.25, -0.2) is 0 Å². The van der Waals surface area contributed by atoms with Crippen molar-refractivity contribution in [3.63, 3.8) is 0 Å². The summed E-state index contributed by atoms with van der Waals surface area (Å²) in [7, 11) is 0. The van der Waals surface area contributed by atoms with Crippen LogP contribution < -0.4 is 4.74 Å². The minimum atomic E-state index is -0.269. The molecule has 0 aliphatic carbocycles. The van der Waals surface area contributed by atoms with Gasteiger partial charge in [0.1, 0.15) is 5.75 Å². The van der Waals surface area contributed by atoms with E-state index in [2.05, 4.69) is 13.0 Å². The van der Waals surface area contributed by atoms with E-state index in [9.17, 15) is 5.11 Å². The summed E-state index contributed by atoms with van der Waals surface area (Å²) >= 11 is 0. The lowest BCUT2D eigenvalue weighted by Crippen LogP contribution is -2.07. The third-order valence-corrected chi connectivity index (χ3v) is 2.44. The molecule has 1 rings (SSSR count). The van der Waals surface area contributed by atoms with Crippen LogP contribution in [-0.4, -0.2) is 17.8 Å². The maximum absolute atomic E-state index is 9.36. The second-order valence-electron chi connectivity index (χ2n) is 3.96. The fraction of sp³-hybridized carbons (Fsp3) is 0.538. The summed E-state index contributed by atoms with van der Waals surface area (Å²) in [6.45, 7) is 6.60. The lowest BCUT2D eigenvalue weighted by molar-refractivity contribution is 0.176. The molecule has 84 valence electrons. The van der Waals surface area contributed by atoms with E-state index in [0.717, 1.165) is 12.2 Å². The average Bonchev–Trinajstić information content (AvgIpc) is 2.18. The Bertz CT molecular complexity index is 294. The summed E-state index contributed by atoms with van der Waals surface area (Å²) in [5.41, 5.74) is 1.18. The standard InChI is InChI=1S/C13H20O2/c1-4-15-13-8-6-5-7-12(13)10(2)9-11(3)14/h5-8,10-11,14H,4,9H2,1-3H3. The van der Waals surface area contributed by atoms with Crippen molar-refractivity contribution < 1.29 is 9.84 Å². The Morgan fingerprint density at radius 2 is 1.93 bits per heavy atom. The minimum Gasteiger partial charge on any atom is -0.494 e. The normalized spacial score (nSPS) is 14.7. The zero-order valence-corrected chi connectivity index (χ0v) is 9.73. The molecule has 1 aromatic rings. The molecule has 0 saturated carbocycles. The Labute approximate surface area is 91.9 Å². The van der Waals surface area contributed by atoms with Crippen LogP contribution in [0.4, 0.5) is 0 Å². The highest BCUT2D eigenvalue weighted by molar-refractivity contribution is 5.35. The molecular weight excluding hydrogens is 188 g/mol. The lowest BCUT2D eigenvalue weighted by Gasteiger charge is -2.17. The van der Waals surface area contributed by atoms with Crippen molar-refractivity contribution in [2.24, 2.45) is 0 Å². The zero-order chi connectivity index (χ0) is 11.3. The summed E-state index contributed by atoms with van der Waals surface area (Å²) < 4.78 is 5.56. The molecule has 0 heterocycles. The first kappa shape index (κ1) is 12.1. The molecule has 1 N–H and O–H groups in total. The smallest absolute Gasteiger partial charge is 0.122 e. The molecule has 15 heavy (non-hydrogen) atoms. The van der Waals surface area contributed by atoms with Gasteiger partial charge in [0, 0.05) is 0 Å². The van der Waals surface area contributed by atoms with Crippen LogP contribution in [0.25, 0.3) is 0 Å². The first-order valence-electron chi connectivity index (χ1n) is 5.55. The summed E-state index contributed by atoms with van der Waals surface area (Å²) in [6, 6.07) is 8.04. The number of aliphatic hydroxyl groups excluding tert-OH is 1. The molecule has 0 saturated heterocycles. The van der Waals surface area contributed by atoms with Gasteiger partial charge in [0.15, 0.2) is 0 Å². The van der Waals surface area contributed by atoms with Crippen LogP contribution in [0.2, 0.25) is 0 Å². The number of aliphatic hydroxyl groups is 1. The molecule has 0 aliphatic rings. The monoisotopic (exact) mass is 208 g/mol. The Balaban J connectivity index is 2.81. The molecule has 2 heteroatoms. The Morgan fingerprint density at radius 3 is 2.53 bits per heavy atom. The molecule has 0 amide bonds. The molecule has 1 aromatic carbocycles. The first-order chi connectivity index (χ1) is 7.15. The van der Waals surface area contributed by atoms with Gasteiger partial charge < -0.3 is 9.84 Å². The molecule has 0 aliphatic heterocycles. The number of hydrogen-bond donors (Lipinski definition) is 1. The van der Waals surface area contributed by atoms with Crippen molar-refractivity contribution in [1.82, 2.24) is 0 Å². The second kappa shape index (κ2) is 5.76. The highest BCUT2D eigenvalue weighted by atomic mass is 16.5. The fourth-order valence-electron chi connectivity index (χ4n) is 1.81. The predicted molar refractivity (Wildman–Crippen MR) is 62.3 cm³/mol. The quantitative estimate of drug-likeness (QED) is 0.806. The molecule has 0 spiro atoms. The van der Waals surface area contributed by atoms with Crippen molar-refractivity contribution in [3.05, 3.63) is 29.8 Å². The van der Waals surface area contributed by atoms with Crippen molar-refractivity contribution in [1.29, 1.82) is 0 Å². The van der Waals surface area contributed by atoms with Crippen molar-refractivity contribution in [2.75, 3.05) is 6.61 Å². The summed E-state index contributed by atoms with van der Waals surface area (Å²) in [5, 5.41) is 9.36. The van der Waals surface area contributed by atoms with Gasteiger partial charge in [0.2, 0.25) is 0 Å². The summed E-state index contributed by atoms with van der Waals surface area (Å²) in [4.78, 5) is 0. The highest BCUT2D eigenvalue weighted by Gasteiger charge is 2.12. The van der Waals surface area contributed by atoms with E-state index in [1.807, 2.05) is 32.0 Å². The number of rotatable bonds is 5. The molecule has 0 bridgehead atoms. The van der Waals surface area contributed by atoms with Gasteiger partial charge in [0.05, 0.1) is 12.7 Å². The maximum atomic E-state index is 9.36. The highest BCUT2D eigenvalue weighted by Crippen LogP contribution is 2.29. The van der Waals surface area contributed by atoms with Crippen LogP contribution >= 0.6 is 0 Å². The second-order valence-corrected chi connectivity index (χ2v) is 3.96. The van der Waals surface area contributed by atoms with Gasteiger partial charge in [-0.15, -0.1) is 0 Å². The molecule has 2 nitrogen and oxygen atoms in total. The predicted octanol–water partition coefficient (Wildman–Crippen LogP) is 2.96. The van der Waals surface area contributed by atoms with Gasteiger partial charge in [-0.3, -0.25) is 0 Å². The molecule has 2 unspecified atom stereocenters. The molecule has 2 atom stereocenters. The fourth-order valence-corrected chi connectivity index (χ4v) is 1.81. The van der Waals surface area contributed by atoms with Crippen LogP contribution in [0.1, 0.15) is 38.7 Å². The van der Waals surface area contributed by atoms with E-state index in [1.165, 1.54) is 5.56 Å². The molecular formula is C13H20O2. The van der Waals surface area contributed by atoms with E-state index in [4.69, 9.17) is 4.74 Å². The van der Waals surface area contributed by atoms with Gasteiger partial charge in [-0.2, -0.15) is 0 Å². The number of ether oxygens (including phenoxy) is 1. The van der Waals surface area contributed by atoms with Crippen molar-refractivity contribution >= 4 is 0 Å². The van der Waals surface area contributed by atoms with E-state index < -0.39 is 0 Å². The van der Waals surface area contributed by atoms with E-state index in [1.54, 1.807) is 0 Å².